The molecule has 2 aliphatic heterocycles. The fourth-order valence-electron chi connectivity index (χ4n) is 3.71. The Morgan fingerprint density at radius 3 is 2.19 bits per heavy atom. The van der Waals surface area contributed by atoms with Gasteiger partial charge in [-0.1, -0.05) is 13.8 Å². The molecule has 1 aromatic rings. The van der Waals surface area contributed by atoms with Gasteiger partial charge in [0.1, 0.15) is 12.3 Å². The van der Waals surface area contributed by atoms with E-state index in [1.54, 1.807) is 17.0 Å². The molecular weight excluding hydrogens is 350 g/mol. The van der Waals surface area contributed by atoms with Crippen LogP contribution in [0.1, 0.15) is 20.3 Å². The van der Waals surface area contributed by atoms with Gasteiger partial charge in [-0.25, -0.2) is 14.6 Å². The molecule has 8 heteroatoms. The minimum atomic E-state index is -0.984. The molecule has 0 unspecified atom stereocenters. The molecule has 0 N–H and O–H groups in total. The molecule has 27 heavy (non-hydrogen) atoms. The van der Waals surface area contributed by atoms with Crippen molar-refractivity contribution in [3.05, 3.63) is 24.3 Å². The third-order valence-electron chi connectivity index (χ3n) is 4.90. The van der Waals surface area contributed by atoms with Crippen molar-refractivity contribution in [2.75, 3.05) is 31.6 Å². The minimum absolute atomic E-state index is 0.259. The Morgan fingerprint density at radius 1 is 1.04 bits per heavy atom. The molecule has 0 aliphatic carbocycles. The van der Waals surface area contributed by atoms with Gasteiger partial charge in [0.25, 0.3) is 0 Å². The van der Waals surface area contributed by atoms with Gasteiger partial charge in [-0.3, -0.25) is 14.4 Å². The summed E-state index contributed by atoms with van der Waals surface area (Å²) < 4.78 is 5.05. The zero-order valence-corrected chi connectivity index (χ0v) is 15.7. The highest BCUT2D eigenvalue weighted by atomic mass is 16.5. The van der Waals surface area contributed by atoms with Crippen molar-refractivity contribution in [2.45, 2.75) is 20.3 Å². The van der Waals surface area contributed by atoms with Gasteiger partial charge in [0.2, 0.25) is 5.91 Å². The van der Waals surface area contributed by atoms with Gasteiger partial charge in [-0.2, -0.15) is 0 Å². The Labute approximate surface area is 157 Å². The summed E-state index contributed by atoms with van der Waals surface area (Å²) in [5.74, 6) is -0.982. The Morgan fingerprint density at radius 2 is 1.63 bits per heavy atom. The maximum absolute atomic E-state index is 12.6. The molecule has 1 aromatic carbocycles. The van der Waals surface area contributed by atoms with Crippen LogP contribution >= 0.6 is 0 Å². The molecule has 8 nitrogen and oxygen atoms in total. The van der Waals surface area contributed by atoms with Crippen LogP contribution in [0, 0.1) is 11.8 Å². The first-order chi connectivity index (χ1) is 12.8. The van der Waals surface area contributed by atoms with Crippen molar-refractivity contribution in [1.29, 1.82) is 0 Å². The maximum atomic E-state index is 12.6. The van der Waals surface area contributed by atoms with Gasteiger partial charge < -0.3 is 9.64 Å². The number of piperidine rings is 1. The molecule has 2 aliphatic rings. The van der Waals surface area contributed by atoms with Crippen LogP contribution in [0.4, 0.5) is 10.5 Å². The lowest BCUT2D eigenvalue weighted by atomic mass is 9.92. The average Bonchev–Trinajstić information content (AvgIpc) is 2.84. The van der Waals surface area contributed by atoms with Gasteiger partial charge in [-0.15, -0.1) is 0 Å². The number of anilines is 1. The molecule has 2 fully saturated rings. The Kier molecular flexibility index (Phi) is 5.16. The third kappa shape index (κ3) is 3.65. The number of hydrogen-bond donors (Lipinski definition) is 0. The van der Waals surface area contributed by atoms with Crippen LogP contribution in [0.25, 0.3) is 0 Å². The van der Waals surface area contributed by atoms with E-state index < -0.39 is 24.4 Å². The summed E-state index contributed by atoms with van der Waals surface area (Å²) in [6.07, 6.45) is 1.04. The Hall–Kier alpha value is -2.90. The summed E-state index contributed by atoms with van der Waals surface area (Å²) in [7, 11) is 1.50. The van der Waals surface area contributed by atoms with Crippen molar-refractivity contribution >= 4 is 29.4 Å². The van der Waals surface area contributed by atoms with E-state index in [-0.39, 0.29) is 11.6 Å². The van der Waals surface area contributed by atoms with Crippen molar-refractivity contribution in [3.8, 4) is 5.75 Å². The fourth-order valence-corrected chi connectivity index (χ4v) is 3.71. The number of likely N-dealkylation sites (tertiary alicyclic amines) is 1. The predicted octanol–water partition coefficient (Wildman–Crippen LogP) is 1.49. The summed E-state index contributed by atoms with van der Waals surface area (Å²) in [4.78, 5) is 53.0. The van der Waals surface area contributed by atoms with Crippen LogP contribution in [0.15, 0.2) is 24.3 Å². The number of ether oxygens (including phenoxy) is 1. The summed E-state index contributed by atoms with van der Waals surface area (Å²) in [5, 5.41) is 0. The molecule has 2 heterocycles. The highest BCUT2D eigenvalue weighted by Crippen LogP contribution is 2.25. The maximum Gasteiger partial charge on any atom is 0.339 e. The van der Waals surface area contributed by atoms with E-state index in [0.29, 0.717) is 30.7 Å². The number of amides is 5. The minimum Gasteiger partial charge on any atom is -0.497 e. The van der Waals surface area contributed by atoms with E-state index in [4.69, 9.17) is 4.74 Å². The number of benzene rings is 1. The second-order valence-electron chi connectivity index (χ2n) is 7.26. The van der Waals surface area contributed by atoms with Crippen LogP contribution in [0.5, 0.6) is 5.75 Å². The molecule has 0 radical (unpaired) electrons. The number of carbonyl (C=O) groups excluding carboxylic acids is 4. The molecule has 0 saturated carbocycles. The molecule has 0 spiro atoms. The number of urea groups is 1. The highest BCUT2D eigenvalue weighted by molar-refractivity contribution is 6.53. The number of hydrogen-bond acceptors (Lipinski definition) is 5. The topological polar surface area (TPSA) is 87.2 Å². The van der Waals surface area contributed by atoms with Crippen LogP contribution < -0.4 is 9.64 Å². The highest BCUT2D eigenvalue weighted by Gasteiger charge is 2.46. The molecule has 144 valence electrons. The van der Waals surface area contributed by atoms with E-state index in [2.05, 4.69) is 13.8 Å². The lowest BCUT2D eigenvalue weighted by Gasteiger charge is -2.35. The lowest BCUT2D eigenvalue weighted by Crippen LogP contribution is -2.48. The van der Waals surface area contributed by atoms with Gasteiger partial charge in [0, 0.05) is 13.1 Å². The molecular formula is C19H23N3O5. The fraction of sp³-hybridized carbons (Fsp3) is 0.474. The number of rotatable bonds is 4. The first-order valence-corrected chi connectivity index (χ1v) is 8.93. The number of carbonyl (C=O) groups is 4. The zero-order valence-electron chi connectivity index (χ0n) is 15.7. The van der Waals surface area contributed by atoms with E-state index in [9.17, 15) is 19.2 Å². The van der Waals surface area contributed by atoms with Gasteiger partial charge in [0.15, 0.2) is 0 Å². The zero-order chi connectivity index (χ0) is 19.7. The number of methoxy groups -OCH3 is 1. The molecule has 0 aromatic heterocycles. The quantitative estimate of drug-likeness (QED) is 0.590. The SMILES string of the molecule is COc1ccc(N2C(=O)C(=O)N(CC(=O)N3C[C@@H](C)C[C@H](C)C3)C2=O)cc1. The van der Waals surface area contributed by atoms with Gasteiger partial charge >= 0.3 is 17.8 Å². The van der Waals surface area contributed by atoms with E-state index in [0.717, 1.165) is 16.2 Å². The summed E-state index contributed by atoms with van der Waals surface area (Å²) in [6, 6.07) is 5.40. The van der Waals surface area contributed by atoms with E-state index in [1.807, 2.05) is 0 Å². The smallest absolute Gasteiger partial charge is 0.339 e. The standard InChI is InChI=1S/C19H23N3O5/c1-12-8-13(2)10-20(9-12)16(23)11-21-17(24)18(25)22(19(21)26)14-4-6-15(27-3)7-5-14/h4-7,12-13H,8-11H2,1-3H3/t12-,13-/m0/s1. The van der Waals surface area contributed by atoms with Crippen LogP contribution in [0.2, 0.25) is 0 Å². The van der Waals surface area contributed by atoms with Crippen LogP contribution in [-0.2, 0) is 14.4 Å². The van der Waals surface area contributed by atoms with Crippen molar-refractivity contribution in [3.63, 3.8) is 0 Å². The third-order valence-corrected chi connectivity index (χ3v) is 4.90. The second kappa shape index (κ2) is 7.38. The van der Waals surface area contributed by atoms with Crippen LogP contribution in [0.3, 0.4) is 0 Å². The largest absolute Gasteiger partial charge is 0.497 e. The summed E-state index contributed by atoms with van der Waals surface area (Å²) >= 11 is 0. The molecule has 5 amide bonds. The predicted molar refractivity (Wildman–Crippen MR) is 97.1 cm³/mol. The second-order valence-corrected chi connectivity index (χ2v) is 7.26. The van der Waals surface area contributed by atoms with Crippen molar-refractivity contribution in [2.24, 2.45) is 11.8 Å². The summed E-state index contributed by atoms with van der Waals surface area (Å²) in [6.45, 7) is 4.90. The average molecular weight is 373 g/mol. The molecule has 3 rings (SSSR count). The Balaban J connectivity index is 1.74. The van der Waals surface area contributed by atoms with Gasteiger partial charge in [-0.05, 0) is 42.5 Å². The van der Waals surface area contributed by atoms with E-state index >= 15 is 0 Å². The molecule has 2 atom stereocenters. The molecule has 2 saturated heterocycles. The lowest BCUT2D eigenvalue weighted by molar-refractivity contribution is -0.143. The normalized spacial score (nSPS) is 23.2. The van der Waals surface area contributed by atoms with Gasteiger partial charge in [0.05, 0.1) is 12.8 Å². The first-order valence-electron chi connectivity index (χ1n) is 8.93. The van der Waals surface area contributed by atoms with Crippen molar-refractivity contribution in [1.82, 2.24) is 9.80 Å². The first kappa shape index (κ1) is 18.9. The molecule has 0 bridgehead atoms. The Bertz CT molecular complexity index is 766. The summed E-state index contributed by atoms with van der Waals surface area (Å²) in [5.41, 5.74) is 0.259. The monoisotopic (exact) mass is 373 g/mol. The number of imide groups is 2. The number of nitrogens with zero attached hydrogens (tertiary/aromatic N) is 3. The van der Waals surface area contributed by atoms with Crippen molar-refractivity contribution < 1.29 is 23.9 Å². The van der Waals surface area contributed by atoms with Crippen LogP contribution in [-0.4, -0.2) is 60.3 Å². The van der Waals surface area contributed by atoms with E-state index in [1.165, 1.54) is 19.2 Å².